The first-order valence-electron chi connectivity index (χ1n) is 8.36. The molecule has 1 N–H and O–H groups in total. The van der Waals surface area contributed by atoms with Crippen LogP contribution in [0.3, 0.4) is 0 Å². The average molecular weight is 387 g/mol. The summed E-state index contributed by atoms with van der Waals surface area (Å²) >= 11 is 0. The van der Waals surface area contributed by atoms with Gasteiger partial charge in [0.1, 0.15) is 17.7 Å². The van der Waals surface area contributed by atoms with Gasteiger partial charge >= 0.3 is 5.97 Å². The van der Waals surface area contributed by atoms with Crippen molar-refractivity contribution in [3.05, 3.63) is 35.4 Å². The minimum Gasteiger partial charge on any atom is -0.467 e. The first kappa shape index (κ1) is 22.2. The lowest BCUT2D eigenvalue weighted by molar-refractivity contribution is -0.143. The van der Waals surface area contributed by atoms with Crippen LogP contribution in [0.15, 0.2) is 18.2 Å². The van der Waals surface area contributed by atoms with Gasteiger partial charge in [0.05, 0.1) is 7.11 Å². The van der Waals surface area contributed by atoms with Crippen molar-refractivity contribution in [2.45, 2.75) is 51.4 Å². The molecule has 0 saturated carbocycles. The monoisotopic (exact) mass is 387 g/mol. The van der Waals surface area contributed by atoms with Crippen LogP contribution in [0.2, 0.25) is 18.1 Å². The quantitative estimate of drug-likeness (QED) is 0.573. The van der Waals surface area contributed by atoms with Gasteiger partial charge in [-0.15, -0.1) is 0 Å². The number of hydrogen-bond donors (Lipinski definition) is 1. The maximum absolute atomic E-state index is 13.3. The molecule has 1 rings (SSSR count). The minimum absolute atomic E-state index is 0.0100. The van der Waals surface area contributed by atoms with Crippen molar-refractivity contribution in [3.8, 4) is 0 Å². The summed E-state index contributed by atoms with van der Waals surface area (Å²) in [5, 5.41) is 2.46. The standard InChI is InChI=1S/C18H27F2NO4Si/c1-18(2,3)26(5,6)25-8-7-15(17(23)24-4)21-16(22)12-9-13(19)11-14(20)10-12/h9-11,15H,7-8H2,1-6H3,(H,21,22)/t15-/m0/s1. The number of amides is 1. The molecule has 1 atom stereocenters. The number of carbonyl (C=O) groups is 2. The predicted molar refractivity (Wildman–Crippen MR) is 97.4 cm³/mol. The Morgan fingerprint density at radius 3 is 2.15 bits per heavy atom. The Balaban J connectivity index is 2.79. The normalized spacial score (nSPS) is 13.2. The highest BCUT2D eigenvalue weighted by molar-refractivity contribution is 6.74. The Bertz CT molecular complexity index is 639. The molecule has 0 aliphatic carbocycles. The van der Waals surface area contributed by atoms with Crippen molar-refractivity contribution in [1.29, 1.82) is 0 Å². The van der Waals surface area contributed by atoms with E-state index in [0.29, 0.717) is 6.07 Å². The van der Waals surface area contributed by atoms with Crippen molar-refractivity contribution in [2.24, 2.45) is 0 Å². The molecule has 8 heteroatoms. The minimum atomic E-state index is -2.00. The highest BCUT2D eigenvalue weighted by atomic mass is 28.4. The highest BCUT2D eigenvalue weighted by Crippen LogP contribution is 2.36. The molecular weight excluding hydrogens is 360 g/mol. The maximum Gasteiger partial charge on any atom is 0.328 e. The SMILES string of the molecule is COC(=O)[C@H](CCO[Si](C)(C)C(C)(C)C)NC(=O)c1cc(F)cc(F)c1. The van der Waals surface area contributed by atoms with Crippen molar-refractivity contribution in [2.75, 3.05) is 13.7 Å². The summed E-state index contributed by atoms with van der Waals surface area (Å²) in [4.78, 5) is 24.2. The Labute approximate surface area is 154 Å². The molecule has 0 unspecified atom stereocenters. The average Bonchev–Trinajstić information content (AvgIpc) is 2.50. The van der Waals surface area contributed by atoms with E-state index in [2.05, 4.69) is 39.2 Å². The largest absolute Gasteiger partial charge is 0.467 e. The lowest BCUT2D eigenvalue weighted by Gasteiger charge is -2.36. The molecule has 0 aromatic heterocycles. The summed E-state index contributed by atoms with van der Waals surface area (Å²) in [6, 6.07) is 1.50. The van der Waals surface area contributed by atoms with Gasteiger partial charge in [0.2, 0.25) is 0 Å². The van der Waals surface area contributed by atoms with Gasteiger partial charge in [-0.3, -0.25) is 4.79 Å². The molecule has 0 fully saturated rings. The summed E-state index contributed by atoms with van der Waals surface area (Å²) < 4.78 is 37.2. The van der Waals surface area contributed by atoms with Crippen LogP contribution in [0.4, 0.5) is 8.78 Å². The zero-order valence-corrected chi connectivity index (χ0v) is 17.1. The highest BCUT2D eigenvalue weighted by Gasteiger charge is 2.37. The van der Waals surface area contributed by atoms with Crippen LogP contribution in [-0.2, 0) is 14.0 Å². The van der Waals surface area contributed by atoms with Crippen LogP contribution < -0.4 is 5.32 Å². The number of methoxy groups -OCH3 is 1. The van der Waals surface area contributed by atoms with E-state index in [4.69, 9.17) is 9.16 Å². The topological polar surface area (TPSA) is 64.6 Å². The van der Waals surface area contributed by atoms with Crippen LogP contribution >= 0.6 is 0 Å². The second kappa shape index (κ2) is 8.72. The second-order valence-electron chi connectivity index (χ2n) is 7.60. The fourth-order valence-corrected chi connectivity index (χ4v) is 3.03. The van der Waals surface area contributed by atoms with E-state index in [1.165, 1.54) is 7.11 Å². The molecule has 1 amide bonds. The van der Waals surface area contributed by atoms with Gasteiger partial charge in [-0.05, 0) is 30.3 Å². The third kappa shape index (κ3) is 6.17. The van der Waals surface area contributed by atoms with E-state index in [0.717, 1.165) is 12.1 Å². The Hall–Kier alpha value is -1.80. The van der Waals surface area contributed by atoms with Crippen LogP contribution in [0.5, 0.6) is 0 Å². The molecule has 1 aromatic rings. The van der Waals surface area contributed by atoms with Crippen LogP contribution in [-0.4, -0.2) is 40.0 Å². The zero-order valence-electron chi connectivity index (χ0n) is 16.1. The molecule has 146 valence electrons. The van der Waals surface area contributed by atoms with Gasteiger partial charge in [0.15, 0.2) is 8.32 Å². The Morgan fingerprint density at radius 2 is 1.69 bits per heavy atom. The zero-order chi connectivity index (χ0) is 20.1. The van der Waals surface area contributed by atoms with Crippen molar-refractivity contribution >= 4 is 20.2 Å². The number of hydrogen-bond acceptors (Lipinski definition) is 4. The number of nitrogens with one attached hydrogen (secondary N) is 1. The predicted octanol–water partition coefficient (Wildman–Crippen LogP) is 3.65. The van der Waals surface area contributed by atoms with Gasteiger partial charge in [-0.1, -0.05) is 20.8 Å². The lowest BCUT2D eigenvalue weighted by atomic mass is 10.1. The summed E-state index contributed by atoms with van der Waals surface area (Å²) in [7, 11) is -0.793. The second-order valence-corrected chi connectivity index (χ2v) is 12.4. The van der Waals surface area contributed by atoms with Crippen molar-refractivity contribution < 1.29 is 27.5 Å². The molecule has 0 bridgehead atoms. The van der Waals surface area contributed by atoms with Gasteiger partial charge < -0.3 is 14.5 Å². The molecule has 5 nitrogen and oxygen atoms in total. The van der Waals surface area contributed by atoms with Gasteiger partial charge in [0, 0.05) is 24.7 Å². The van der Waals surface area contributed by atoms with Gasteiger partial charge in [0.25, 0.3) is 5.91 Å². The fourth-order valence-electron chi connectivity index (χ4n) is 1.97. The summed E-state index contributed by atoms with van der Waals surface area (Å²) in [5.41, 5.74) is -0.207. The van der Waals surface area contributed by atoms with E-state index in [-0.39, 0.29) is 23.6 Å². The third-order valence-corrected chi connectivity index (χ3v) is 9.13. The molecule has 26 heavy (non-hydrogen) atoms. The van der Waals surface area contributed by atoms with E-state index in [1.807, 2.05) is 0 Å². The summed E-state index contributed by atoms with van der Waals surface area (Å²) in [6.07, 6.45) is 0.197. The first-order valence-corrected chi connectivity index (χ1v) is 11.3. The Morgan fingerprint density at radius 1 is 1.15 bits per heavy atom. The molecular formula is C18H27F2NO4Si. The molecule has 1 aromatic carbocycles. The van der Waals surface area contributed by atoms with Crippen molar-refractivity contribution in [3.63, 3.8) is 0 Å². The van der Waals surface area contributed by atoms with E-state index < -0.39 is 37.9 Å². The smallest absolute Gasteiger partial charge is 0.328 e. The number of halogens is 2. The number of rotatable bonds is 7. The number of carbonyl (C=O) groups excluding carboxylic acids is 2. The third-order valence-electron chi connectivity index (χ3n) is 4.59. The van der Waals surface area contributed by atoms with Gasteiger partial charge in [-0.25, -0.2) is 13.6 Å². The maximum atomic E-state index is 13.3. The summed E-state index contributed by atoms with van der Waals surface area (Å²) in [5.74, 6) is -3.14. The molecule has 0 aliphatic heterocycles. The number of esters is 1. The van der Waals surface area contributed by atoms with Crippen LogP contribution in [0, 0.1) is 11.6 Å². The molecule has 0 aliphatic rings. The van der Waals surface area contributed by atoms with Crippen LogP contribution in [0.25, 0.3) is 0 Å². The van der Waals surface area contributed by atoms with Crippen LogP contribution in [0.1, 0.15) is 37.6 Å². The molecule has 0 radical (unpaired) electrons. The molecule has 0 spiro atoms. The van der Waals surface area contributed by atoms with Crippen molar-refractivity contribution in [1.82, 2.24) is 5.32 Å². The lowest BCUT2D eigenvalue weighted by Crippen LogP contribution is -2.45. The van der Waals surface area contributed by atoms with Gasteiger partial charge in [-0.2, -0.15) is 0 Å². The number of ether oxygens (including phenoxy) is 1. The number of benzene rings is 1. The van der Waals surface area contributed by atoms with E-state index in [9.17, 15) is 18.4 Å². The Kier molecular flexibility index (Phi) is 7.46. The van der Waals surface area contributed by atoms with E-state index >= 15 is 0 Å². The van der Waals surface area contributed by atoms with E-state index in [1.54, 1.807) is 0 Å². The summed E-state index contributed by atoms with van der Waals surface area (Å²) in [6.45, 7) is 10.7. The molecule has 0 saturated heterocycles. The first-order chi connectivity index (χ1) is 11.9. The molecule has 0 heterocycles. The fraction of sp³-hybridized carbons (Fsp3) is 0.556.